The fourth-order valence-electron chi connectivity index (χ4n) is 2.79. The Kier molecular flexibility index (Phi) is 5.73. The topological polar surface area (TPSA) is 64.9 Å². The average Bonchev–Trinajstić information content (AvgIpc) is 3.04. The smallest absolute Gasteiger partial charge is 0.270 e. The van der Waals surface area contributed by atoms with Crippen LogP contribution in [0.25, 0.3) is 5.65 Å². The zero-order valence-corrected chi connectivity index (χ0v) is 15.1. The number of ether oxygens (including phenoxy) is 2. The number of hydrogen-bond acceptors (Lipinski definition) is 4. The van der Waals surface area contributed by atoms with Crippen molar-refractivity contribution in [2.24, 2.45) is 0 Å². The first-order valence-electron chi connectivity index (χ1n) is 8.74. The summed E-state index contributed by atoms with van der Waals surface area (Å²) in [5.74, 6) is 1.38. The molecule has 0 aliphatic carbocycles. The fourth-order valence-corrected chi connectivity index (χ4v) is 2.79. The Bertz CT molecular complexity index is 872. The number of imidazole rings is 1. The molecule has 3 aromatic rings. The van der Waals surface area contributed by atoms with Crippen molar-refractivity contribution >= 4 is 11.6 Å². The third-order valence-electron chi connectivity index (χ3n) is 4.02. The van der Waals surface area contributed by atoms with E-state index in [2.05, 4.69) is 17.2 Å². The highest BCUT2D eigenvalue weighted by molar-refractivity contribution is 5.94. The molecule has 1 N–H and O–H groups in total. The quantitative estimate of drug-likeness (QED) is 0.632. The van der Waals surface area contributed by atoms with Gasteiger partial charge >= 0.3 is 0 Å². The standard InChI is InChI=1S/C20H23N3O3/c1-3-6-17-19(23-13-5-4-7-18(23)22-17)20(24)21-12-14-26-16-10-8-15(25-2)9-11-16/h4-5,7-11,13H,3,6,12,14H2,1-2H3,(H,21,24). The number of amides is 1. The molecule has 0 saturated heterocycles. The van der Waals surface area contributed by atoms with E-state index in [-0.39, 0.29) is 5.91 Å². The highest BCUT2D eigenvalue weighted by Gasteiger charge is 2.18. The molecule has 0 fully saturated rings. The number of rotatable bonds is 8. The van der Waals surface area contributed by atoms with Gasteiger partial charge in [0.05, 0.1) is 19.3 Å². The van der Waals surface area contributed by atoms with Crippen molar-refractivity contribution in [2.75, 3.05) is 20.3 Å². The van der Waals surface area contributed by atoms with Crippen molar-refractivity contribution in [3.05, 3.63) is 60.0 Å². The predicted octanol–water partition coefficient (Wildman–Crippen LogP) is 3.10. The van der Waals surface area contributed by atoms with Crippen LogP contribution in [0.2, 0.25) is 0 Å². The molecule has 0 bridgehead atoms. The van der Waals surface area contributed by atoms with Crippen LogP contribution in [-0.2, 0) is 6.42 Å². The van der Waals surface area contributed by atoms with Gasteiger partial charge in [-0.05, 0) is 42.8 Å². The maximum atomic E-state index is 12.7. The zero-order chi connectivity index (χ0) is 18.4. The molecule has 136 valence electrons. The van der Waals surface area contributed by atoms with Crippen LogP contribution >= 0.6 is 0 Å². The molecule has 0 radical (unpaired) electrons. The summed E-state index contributed by atoms with van der Waals surface area (Å²) in [6, 6.07) is 13.1. The first-order chi connectivity index (χ1) is 12.7. The molecule has 26 heavy (non-hydrogen) atoms. The first kappa shape index (κ1) is 17.8. The molecule has 3 rings (SSSR count). The summed E-state index contributed by atoms with van der Waals surface area (Å²) in [5.41, 5.74) is 2.22. The summed E-state index contributed by atoms with van der Waals surface area (Å²) >= 11 is 0. The molecule has 0 saturated carbocycles. The molecule has 0 aliphatic heterocycles. The molecule has 0 unspecified atom stereocenters. The molecule has 0 aliphatic rings. The summed E-state index contributed by atoms with van der Waals surface area (Å²) in [4.78, 5) is 17.2. The van der Waals surface area contributed by atoms with Crippen molar-refractivity contribution in [3.63, 3.8) is 0 Å². The van der Waals surface area contributed by atoms with E-state index in [1.807, 2.05) is 53.1 Å². The number of aryl methyl sites for hydroxylation is 1. The Morgan fingerprint density at radius 1 is 1.15 bits per heavy atom. The van der Waals surface area contributed by atoms with Crippen LogP contribution in [-0.4, -0.2) is 35.6 Å². The van der Waals surface area contributed by atoms with E-state index in [0.29, 0.717) is 18.8 Å². The SMILES string of the molecule is CCCc1nc2ccccn2c1C(=O)NCCOc1ccc(OC)cc1. The van der Waals surface area contributed by atoms with Gasteiger partial charge in [0, 0.05) is 6.20 Å². The summed E-state index contributed by atoms with van der Waals surface area (Å²) in [6.07, 6.45) is 3.57. The van der Waals surface area contributed by atoms with Crippen molar-refractivity contribution in [3.8, 4) is 11.5 Å². The molecule has 1 aromatic carbocycles. The van der Waals surface area contributed by atoms with Crippen molar-refractivity contribution in [2.45, 2.75) is 19.8 Å². The summed E-state index contributed by atoms with van der Waals surface area (Å²) in [6.45, 7) is 2.88. The van der Waals surface area contributed by atoms with Crippen molar-refractivity contribution < 1.29 is 14.3 Å². The fraction of sp³-hybridized carbons (Fsp3) is 0.300. The number of carbonyl (C=O) groups excluding carboxylic acids is 1. The van der Waals surface area contributed by atoms with E-state index in [4.69, 9.17) is 9.47 Å². The van der Waals surface area contributed by atoms with Gasteiger partial charge < -0.3 is 14.8 Å². The van der Waals surface area contributed by atoms with E-state index >= 15 is 0 Å². The van der Waals surface area contributed by atoms with Gasteiger partial charge in [-0.2, -0.15) is 0 Å². The number of benzene rings is 1. The van der Waals surface area contributed by atoms with Crippen LogP contribution in [0.3, 0.4) is 0 Å². The second-order valence-electron chi connectivity index (χ2n) is 5.87. The van der Waals surface area contributed by atoms with Crippen LogP contribution in [0, 0.1) is 0 Å². The molecular weight excluding hydrogens is 330 g/mol. The lowest BCUT2D eigenvalue weighted by molar-refractivity contribution is 0.0940. The normalized spacial score (nSPS) is 10.7. The predicted molar refractivity (Wildman–Crippen MR) is 100 cm³/mol. The van der Waals surface area contributed by atoms with Crippen molar-refractivity contribution in [1.29, 1.82) is 0 Å². The maximum Gasteiger partial charge on any atom is 0.270 e. The largest absolute Gasteiger partial charge is 0.497 e. The number of methoxy groups -OCH3 is 1. The van der Waals surface area contributed by atoms with E-state index in [1.165, 1.54) is 0 Å². The highest BCUT2D eigenvalue weighted by Crippen LogP contribution is 2.17. The van der Waals surface area contributed by atoms with Gasteiger partial charge in [0.15, 0.2) is 0 Å². The lowest BCUT2D eigenvalue weighted by Gasteiger charge is -2.09. The third-order valence-corrected chi connectivity index (χ3v) is 4.02. The zero-order valence-electron chi connectivity index (χ0n) is 15.1. The van der Waals surface area contributed by atoms with Crippen molar-refractivity contribution in [1.82, 2.24) is 14.7 Å². The van der Waals surface area contributed by atoms with Gasteiger partial charge in [0.2, 0.25) is 0 Å². The third kappa shape index (κ3) is 3.96. The molecule has 2 heterocycles. The van der Waals surface area contributed by atoms with Gasteiger partial charge in [0.25, 0.3) is 5.91 Å². The van der Waals surface area contributed by atoms with Gasteiger partial charge in [-0.1, -0.05) is 19.4 Å². The number of pyridine rings is 1. The molecule has 1 amide bonds. The van der Waals surface area contributed by atoms with E-state index in [1.54, 1.807) is 7.11 Å². The Hall–Kier alpha value is -3.02. The molecule has 2 aromatic heterocycles. The minimum Gasteiger partial charge on any atom is -0.497 e. The van der Waals surface area contributed by atoms with Gasteiger partial charge in [-0.3, -0.25) is 9.20 Å². The molecular formula is C20H23N3O3. The number of carbonyl (C=O) groups is 1. The minimum atomic E-state index is -0.134. The number of aromatic nitrogens is 2. The second kappa shape index (κ2) is 8.38. The molecule has 6 nitrogen and oxygen atoms in total. The van der Waals surface area contributed by atoms with Crippen LogP contribution in [0.1, 0.15) is 29.5 Å². The molecule has 0 spiro atoms. The van der Waals surface area contributed by atoms with E-state index < -0.39 is 0 Å². The monoisotopic (exact) mass is 353 g/mol. The number of fused-ring (bicyclic) bond motifs is 1. The van der Waals surface area contributed by atoms with Gasteiger partial charge in [0.1, 0.15) is 29.4 Å². The summed E-state index contributed by atoms with van der Waals surface area (Å²) in [5, 5.41) is 2.92. The van der Waals surface area contributed by atoms with E-state index in [9.17, 15) is 4.79 Å². The average molecular weight is 353 g/mol. The number of nitrogens with zero attached hydrogens (tertiary/aromatic N) is 2. The maximum absolute atomic E-state index is 12.7. The Morgan fingerprint density at radius 2 is 1.92 bits per heavy atom. The van der Waals surface area contributed by atoms with E-state index in [0.717, 1.165) is 35.7 Å². The summed E-state index contributed by atoms with van der Waals surface area (Å²) in [7, 11) is 1.62. The minimum absolute atomic E-state index is 0.134. The second-order valence-corrected chi connectivity index (χ2v) is 5.87. The Balaban J connectivity index is 1.61. The lowest BCUT2D eigenvalue weighted by Crippen LogP contribution is -2.29. The highest BCUT2D eigenvalue weighted by atomic mass is 16.5. The van der Waals surface area contributed by atoms with Crippen LogP contribution in [0.15, 0.2) is 48.7 Å². The van der Waals surface area contributed by atoms with Crippen LogP contribution < -0.4 is 14.8 Å². The molecule has 0 atom stereocenters. The first-order valence-corrected chi connectivity index (χ1v) is 8.74. The van der Waals surface area contributed by atoms with Gasteiger partial charge in [-0.15, -0.1) is 0 Å². The van der Waals surface area contributed by atoms with Crippen LogP contribution in [0.4, 0.5) is 0 Å². The number of hydrogen-bond donors (Lipinski definition) is 1. The summed E-state index contributed by atoms with van der Waals surface area (Å²) < 4.78 is 12.6. The lowest BCUT2D eigenvalue weighted by atomic mass is 10.2. The number of nitrogens with one attached hydrogen (secondary N) is 1. The Labute approximate surface area is 152 Å². The van der Waals surface area contributed by atoms with Crippen LogP contribution in [0.5, 0.6) is 11.5 Å². The van der Waals surface area contributed by atoms with Gasteiger partial charge in [-0.25, -0.2) is 4.98 Å². The molecule has 6 heteroatoms. The Morgan fingerprint density at radius 3 is 2.65 bits per heavy atom.